The summed E-state index contributed by atoms with van der Waals surface area (Å²) in [6.45, 7) is 9.39. The highest BCUT2D eigenvalue weighted by Gasteiger charge is 2.08. The average molecular weight is 198 g/mol. The highest BCUT2D eigenvalue weighted by molar-refractivity contribution is 4.77. The lowest BCUT2D eigenvalue weighted by Gasteiger charge is -2.26. The summed E-state index contributed by atoms with van der Waals surface area (Å²) in [5.41, 5.74) is 0. The summed E-state index contributed by atoms with van der Waals surface area (Å²) >= 11 is 0. The van der Waals surface area contributed by atoms with Gasteiger partial charge in [0.1, 0.15) is 0 Å². The molecule has 0 aliphatic carbocycles. The first-order valence-corrected chi connectivity index (χ1v) is 5.55. The molecule has 1 fully saturated rings. The molecule has 0 radical (unpaired) electrons. The molecule has 1 saturated heterocycles. The van der Waals surface area contributed by atoms with E-state index in [1.807, 2.05) is 0 Å². The van der Waals surface area contributed by atoms with E-state index < -0.39 is 0 Å². The molecule has 14 heavy (non-hydrogen) atoms. The van der Waals surface area contributed by atoms with Crippen LogP contribution in [-0.2, 0) is 4.74 Å². The highest BCUT2D eigenvalue weighted by atomic mass is 16.5. The summed E-state index contributed by atoms with van der Waals surface area (Å²) in [7, 11) is 0. The van der Waals surface area contributed by atoms with E-state index in [4.69, 9.17) is 4.74 Å². The van der Waals surface area contributed by atoms with Crippen molar-refractivity contribution in [2.75, 3.05) is 45.9 Å². The molecule has 3 heteroatoms. The molecule has 0 aromatic carbocycles. The molecule has 0 atom stereocenters. The van der Waals surface area contributed by atoms with Gasteiger partial charge in [0.05, 0.1) is 13.2 Å². The van der Waals surface area contributed by atoms with Crippen LogP contribution in [0.4, 0.5) is 0 Å². The van der Waals surface area contributed by atoms with Crippen LogP contribution in [0.15, 0.2) is 12.2 Å². The van der Waals surface area contributed by atoms with E-state index in [2.05, 4.69) is 29.3 Å². The van der Waals surface area contributed by atoms with Crippen LogP contribution in [0.5, 0.6) is 0 Å². The largest absolute Gasteiger partial charge is 0.379 e. The van der Waals surface area contributed by atoms with Crippen molar-refractivity contribution in [2.24, 2.45) is 0 Å². The highest BCUT2D eigenvalue weighted by Crippen LogP contribution is 1.94. The van der Waals surface area contributed by atoms with Crippen molar-refractivity contribution in [3.05, 3.63) is 12.2 Å². The SMILES string of the molecule is C/C=C/CCNCCN1CCOCC1. The van der Waals surface area contributed by atoms with Gasteiger partial charge in [0, 0.05) is 26.2 Å². The Hall–Kier alpha value is -0.380. The number of allylic oxidation sites excluding steroid dienone is 1. The zero-order valence-corrected chi connectivity index (χ0v) is 9.17. The molecule has 1 heterocycles. The Bertz CT molecular complexity index is 153. The van der Waals surface area contributed by atoms with Gasteiger partial charge in [-0.3, -0.25) is 4.90 Å². The molecular weight excluding hydrogens is 176 g/mol. The van der Waals surface area contributed by atoms with Crippen molar-refractivity contribution in [3.63, 3.8) is 0 Å². The van der Waals surface area contributed by atoms with Crippen LogP contribution in [0.2, 0.25) is 0 Å². The lowest BCUT2D eigenvalue weighted by atomic mass is 10.3. The lowest BCUT2D eigenvalue weighted by molar-refractivity contribution is 0.0385. The van der Waals surface area contributed by atoms with Crippen LogP contribution in [0.3, 0.4) is 0 Å². The van der Waals surface area contributed by atoms with Gasteiger partial charge in [0.15, 0.2) is 0 Å². The predicted molar refractivity (Wildman–Crippen MR) is 59.6 cm³/mol. The maximum absolute atomic E-state index is 5.29. The molecule has 0 aromatic rings. The summed E-state index contributed by atoms with van der Waals surface area (Å²) in [4.78, 5) is 2.45. The minimum atomic E-state index is 0.901. The van der Waals surface area contributed by atoms with E-state index >= 15 is 0 Å². The Kier molecular flexibility index (Phi) is 6.66. The number of ether oxygens (including phenoxy) is 1. The third kappa shape index (κ3) is 5.37. The van der Waals surface area contributed by atoms with Crippen molar-refractivity contribution >= 4 is 0 Å². The molecule has 0 spiro atoms. The first-order valence-electron chi connectivity index (χ1n) is 5.55. The van der Waals surface area contributed by atoms with Gasteiger partial charge in [-0.15, -0.1) is 0 Å². The van der Waals surface area contributed by atoms with Gasteiger partial charge in [-0.1, -0.05) is 12.2 Å². The molecule has 0 bridgehead atoms. The van der Waals surface area contributed by atoms with Gasteiger partial charge in [0.25, 0.3) is 0 Å². The Morgan fingerprint density at radius 2 is 2.07 bits per heavy atom. The van der Waals surface area contributed by atoms with Gasteiger partial charge in [-0.25, -0.2) is 0 Å². The van der Waals surface area contributed by atoms with Crippen LogP contribution in [0, 0.1) is 0 Å². The van der Waals surface area contributed by atoms with E-state index in [1.54, 1.807) is 0 Å². The van der Waals surface area contributed by atoms with E-state index in [0.29, 0.717) is 0 Å². The predicted octanol–water partition coefficient (Wildman–Crippen LogP) is 0.874. The van der Waals surface area contributed by atoms with Gasteiger partial charge >= 0.3 is 0 Å². The maximum Gasteiger partial charge on any atom is 0.0594 e. The van der Waals surface area contributed by atoms with E-state index in [0.717, 1.165) is 52.4 Å². The fourth-order valence-electron chi connectivity index (χ4n) is 1.54. The second-order valence-electron chi connectivity index (χ2n) is 3.56. The third-order valence-corrected chi connectivity index (χ3v) is 2.43. The first kappa shape index (κ1) is 11.7. The van der Waals surface area contributed by atoms with Gasteiger partial charge in [-0.2, -0.15) is 0 Å². The number of nitrogens with one attached hydrogen (secondary N) is 1. The molecule has 1 aliphatic heterocycles. The fraction of sp³-hybridized carbons (Fsp3) is 0.818. The lowest BCUT2D eigenvalue weighted by Crippen LogP contribution is -2.40. The topological polar surface area (TPSA) is 24.5 Å². The molecule has 82 valence electrons. The van der Waals surface area contributed by atoms with Crippen LogP contribution >= 0.6 is 0 Å². The zero-order valence-electron chi connectivity index (χ0n) is 9.17. The smallest absolute Gasteiger partial charge is 0.0594 e. The monoisotopic (exact) mass is 198 g/mol. The maximum atomic E-state index is 5.29. The summed E-state index contributed by atoms with van der Waals surface area (Å²) in [6.07, 6.45) is 5.44. The Labute approximate surface area is 87.1 Å². The van der Waals surface area contributed by atoms with E-state index in [1.165, 1.54) is 0 Å². The molecule has 0 unspecified atom stereocenters. The third-order valence-electron chi connectivity index (χ3n) is 2.43. The molecule has 1 N–H and O–H groups in total. The Morgan fingerprint density at radius 3 is 2.79 bits per heavy atom. The Morgan fingerprint density at radius 1 is 1.29 bits per heavy atom. The summed E-state index contributed by atoms with van der Waals surface area (Å²) in [5.74, 6) is 0. The zero-order chi connectivity index (χ0) is 10.1. The Balaban J connectivity index is 1.87. The quantitative estimate of drug-likeness (QED) is 0.506. The van der Waals surface area contributed by atoms with Crippen LogP contribution in [0.1, 0.15) is 13.3 Å². The number of hydrogen-bond donors (Lipinski definition) is 1. The summed E-state index contributed by atoms with van der Waals surface area (Å²) in [5, 5.41) is 3.43. The molecule has 0 saturated carbocycles. The molecular formula is C11H22N2O. The minimum Gasteiger partial charge on any atom is -0.379 e. The van der Waals surface area contributed by atoms with Crippen molar-refractivity contribution in [2.45, 2.75) is 13.3 Å². The second kappa shape index (κ2) is 7.97. The van der Waals surface area contributed by atoms with Crippen molar-refractivity contribution in [1.29, 1.82) is 0 Å². The standard InChI is InChI=1S/C11H22N2O/c1-2-3-4-5-12-6-7-13-8-10-14-11-9-13/h2-3,12H,4-11H2,1H3/b3-2+. The van der Waals surface area contributed by atoms with Crippen LogP contribution in [-0.4, -0.2) is 50.8 Å². The average Bonchev–Trinajstić information content (AvgIpc) is 2.25. The van der Waals surface area contributed by atoms with Crippen LogP contribution in [0.25, 0.3) is 0 Å². The number of morpholine rings is 1. The second-order valence-corrected chi connectivity index (χ2v) is 3.56. The summed E-state index contributed by atoms with van der Waals surface area (Å²) < 4.78 is 5.29. The first-order chi connectivity index (χ1) is 6.93. The molecule has 1 aliphatic rings. The van der Waals surface area contributed by atoms with Gasteiger partial charge < -0.3 is 10.1 Å². The number of hydrogen-bond acceptors (Lipinski definition) is 3. The van der Waals surface area contributed by atoms with Crippen molar-refractivity contribution < 1.29 is 4.74 Å². The normalized spacial score (nSPS) is 19.2. The van der Waals surface area contributed by atoms with Gasteiger partial charge in [-0.05, 0) is 19.9 Å². The molecule has 3 nitrogen and oxygen atoms in total. The molecule has 0 amide bonds. The minimum absolute atomic E-state index is 0.901. The van der Waals surface area contributed by atoms with E-state index in [-0.39, 0.29) is 0 Å². The number of nitrogens with zero attached hydrogens (tertiary/aromatic N) is 1. The summed E-state index contributed by atoms with van der Waals surface area (Å²) in [6, 6.07) is 0. The van der Waals surface area contributed by atoms with Crippen molar-refractivity contribution in [3.8, 4) is 0 Å². The number of rotatable bonds is 6. The van der Waals surface area contributed by atoms with Crippen molar-refractivity contribution in [1.82, 2.24) is 10.2 Å². The fourth-order valence-corrected chi connectivity index (χ4v) is 1.54. The van der Waals surface area contributed by atoms with Crippen LogP contribution < -0.4 is 5.32 Å². The van der Waals surface area contributed by atoms with Gasteiger partial charge in [0.2, 0.25) is 0 Å². The molecule has 0 aromatic heterocycles. The van der Waals surface area contributed by atoms with E-state index in [9.17, 15) is 0 Å². The molecule has 1 rings (SSSR count).